The van der Waals surface area contributed by atoms with Crippen molar-refractivity contribution in [2.24, 2.45) is 0 Å². The second kappa shape index (κ2) is 6.83. The Morgan fingerprint density at radius 3 is 2.46 bits per heavy atom. The second-order valence-electron chi connectivity index (χ2n) is 5.81. The molecular formula is C19H10BrF3N2O3. The number of hydrogen-bond donors (Lipinski definition) is 1. The lowest BCUT2D eigenvalue weighted by molar-refractivity contribution is -0.286. The summed E-state index contributed by atoms with van der Waals surface area (Å²) in [5.41, 5.74) is 1.02. The maximum atomic E-state index is 13.7. The number of carbonyl (C=O) groups is 1. The number of fused-ring (bicyclic) bond motifs is 1. The van der Waals surface area contributed by atoms with E-state index in [4.69, 9.17) is 0 Å². The predicted molar refractivity (Wildman–Crippen MR) is 97.9 cm³/mol. The molecule has 1 N–H and O–H groups in total. The zero-order chi connectivity index (χ0) is 19.9. The summed E-state index contributed by atoms with van der Waals surface area (Å²) in [6, 6.07) is 11.5. The molecule has 0 unspecified atom stereocenters. The van der Waals surface area contributed by atoms with Crippen LogP contribution in [0.4, 0.5) is 19.0 Å². The minimum absolute atomic E-state index is 0.0812. The van der Waals surface area contributed by atoms with Crippen LogP contribution in [0, 0.1) is 5.82 Å². The van der Waals surface area contributed by atoms with E-state index in [0.717, 1.165) is 0 Å². The van der Waals surface area contributed by atoms with Gasteiger partial charge < -0.3 is 14.8 Å². The molecule has 0 saturated carbocycles. The first-order chi connectivity index (χ1) is 13.3. The summed E-state index contributed by atoms with van der Waals surface area (Å²) in [5, 5.41) is 2.50. The molecule has 0 fully saturated rings. The molecule has 9 heteroatoms. The zero-order valence-electron chi connectivity index (χ0n) is 13.9. The van der Waals surface area contributed by atoms with Crippen LogP contribution in [0.3, 0.4) is 0 Å². The number of anilines is 1. The second-order valence-corrected chi connectivity index (χ2v) is 6.67. The molecule has 2 heterocycles. The summed E-state index contributed by atoms with van der Waals surface area (Å²) in [6.07, 6.45) is -2.27. The normalized spacial score (nSPS) is 14.0. The summed E-state index contributed by atoms with van der Waals surface area (Å²) >= 11 is 3.30. The lowest BCUT2D eigenvalue weighted by atomic mass is 10.1. The van der Waals surface area contributed by atoms with Crippen LogP contribution < -0.4 is 14.8 Å². The minimum Gasteiger partial charge on any atom is -0.395 e. The van der Waals surface area contributed by atoms with E-state index in [1.54, 1.807) is 12.1 Å². The number of ether oxygens (including phenoxy) is 2. The van der Waals surface area contributed by atoms with Crippen molar-refractivity contribution in [2.45, 2.75) is 6.29 Å². The standard InChI is InChI=1S/C19H10BrF3N2O3/c20-13-8-16-15(27-19(22,23)28-16)7-12(13)10-5-6-17(24-9-10)25-18(26)11-3-1-2-4-14(11)21/h1-9H,(H,24,25,26). The Morgan fingerprint density at radius 2 is 1.79 bits per heavy atom. The molecule has 28 heavy (non-hydrogen) atoms. The van der Waals surface area contributed by atoms with Gasteiger partial charge in [0.2, 0.25) is 0 Å². The molecule has 2 aromatic carbocycles. The first-order valence-corrected chi connectivity index (χ1v) is 8.73. The summed E-state index contributed by atoms with van der Waals surface area (Å²) in [7, 11) is 0. The number of benzene rings is 2. The highest BCUT2D eigenvalue weighted by Gasteiger charge is 2.43. The Kier molecular flexibility index (Phi) is 4.46. The number of amides is 1. The maximum absolute atomic E-state index is 13.7. The minimum atomic E-state index is -3.71. The van der Waals surface area contributed by atoms with E-state index in [-0.39, 0.29) is 22.9 Å². The third-order valence-electron chi connectivity index (χ3n) is 3.93. The third kappa shape index (κ3) is 3.53. The van der Waals surface area contributed by atoms with Gasteiger partial charge >= 0.3 is 6.29 Å². The highest BCUT2D eigenvalue weighted by Crippen LogP contribution is 2.46. The quantitative estimate of drug-likeness (QED) is 0.593. The molecule has 0 bridgehead atoms. The van der Waals surface area contributed by atoms with Gasteiger partial charge in [0.1, 0.15) is 11.6 Å². The van der Waals surface area contributed by atoms with Crippen LogP contribution in [0.25, 0.3) is 11.1 Å². The average Bonchev–Trinajstić information content (AvgIpc) is 2.95. The van der Waals surface area contributed by atoms with E-state index < -0.39 is 18.0 Å². The summed E-state index contributed by atoms with van der Waals surface area (Å²) < 4.78 is 49.4. The van der Waals surface area contributed by atoms with Crippen molar-refractivity contribution in [3.63, 3.8) is 0 Å². The molecule has 0 radical (unpaired) electrons. The third-order valence-corrected chi connectivity index (χ3v) is 4.58. The van der Waals surface area contributed by atoms with Gasteiger partial charge in [-0.05, 0) is 36.4 Å². The number of alkyl halides is 2. The number of halogens is 4. The van der Waals surface area contributed by atoms with Crippen LogP contribution in [0.1, 0.15) is 10.4 Å². The van der Waals surface area contributed by atoms with E-state index in [1.807, 2.05) is 0 Å². The smallest absolute Gasteiger partial charge is 0.395 e. The van der Waals surface area contributed by atoms with Gasteiger partial charge in [-0.3, -0.25) is 4.79 Å². The Bertz CT molecular complexity index is 1070. The molecule has 5 nitrogen and oxygen atoms in total. The van der Waals surface area contributed by atoms with E-state index in [1.165, 1.54) is 42.6 Å². The van der Waals surface area contributed by atoms with Gasteiger partial charge in [0.05, 0.1) is 5.56 Å². The lowest BCUT2D eigenvalue weighted by Gasteiger charge is -2.08. The van der Waals surface area contributed by atoms with Crippen LogP contribution in [-0.2, 0) is 0 Å². The van der Waals surface area contributed by atoms with E-state index in [2.05, 4.69) is 35.7 Å². The maximum Gasteiger partial charge on any atom is 0.586 e. The van der Waals surface area contributed by atoms with E-state index in [9.17, 15) is 18.0 Å². The van der Waals surface area contributed by atoms with Crippen LogP contribution in [-0.4, -0.2) is 17.2 Å². The lowest BCUT2D eigenvalue weighted by Crippen LogP contribution is -2.25. The fraction of sp³-hybridized carbons (Fsp3) is 0.0526. The number of pyridine rings is 1. The van der Waals surface area contributed by atoms with Gasteiger partial charge in [0, 0.05) is 21.8 Å². The Labute approximate surface area is 165 Å². The molecular weight excluding hydrogens is 441 g/mol. The molecule has 0 aliphatic carbocycles. The molecule has 1 aromatic heterocycles. The monoisotopic (exact) mass is 450 g/mol. The topological polar surface area (TPSA) is 60.5 Å². The Balaban J connectivity index is 1.56. The highest BCUT2D eigenvalue weighted by molar-refractivity contribution is 9.10. The van der Waals surface area contributed by atoms with Crippen LogP contribution >= 0.6 is 15.9 Å². The largest absolute Gasteiger partial charge is 0.586 e. The molecule has 1 aliphatic heterocycles. The van der Waals surface area contributed by atoms with Crippen LogP contribution in [0.5, 0.6) is 11.5 Å². The first-order valence-electron chi connectivity index (χ1n) is 7.94. The molecule has 3 aromatic rings. The van der Waals surface area contributed by atoms with Gasteiger partial charge in [0.25, 0.3) is 5.91 Å². The summed E-state index contributed by atoms with van der Waals surface area (Å²) in [4.78, 5) is 16.3. The molecule has 1 aliphatic rings. The van der Waals surface area contributed by atoms with Gasteiger partial charge in [-0.15, -0.1) is 8.78 Å². The van der Waals surface area contributed by atoms with Crippen LogP contribution in [0.2, 0.25) is 0 Å². The highest BCUT2D eigenvalue weighted by atomic mass is 79.9. The van der Waals surface area contributed by atoms with Gasteiger partial charge in [-0.2, -0.15) is 0 Å². The molecule has 0 saturated heterocycles. The van der Waals surface area contributed by atoms with Gasteiger partial charge in [-0.1, -0.05) is 28.1 Å². The number of carbonyl (C=O) groups excluding carboxylic acids is 1. The van der Waals surface area contributed by atoms with Crippen molar-refractivity contribution in [1.82, 2.24) is 4.98 Å². The van der Waals surface area contributed by atoms with Crippen molar-refractivity contribution in [3.05, 3.63) is 70.6 Å². The van der Waals surface area contributed by atoms with Crippen LogP contribution in [0.15, 0.2) is 59.2 Å². The van der Waals surface area contributed by atoms with Crippen molar-refractivity contribution in [3.8, 4) is 22.6 Å². The number of nitrogens with one attached hydrogen (secondary N) is 1. The fourth-order valence-corrected chi connectivity index (χ4v) is 3.20. The first kappa shape index (κ1) is 18.3. The number of nitrogens with zero attached hydrogens (tertiary/aromatic N) is 1. The molecule has 0 spiro atoms. The average molecular weight is 451 g/mol. The van der Waals surface area contributed by atoms with E-state index in [0.29, 0.717) is 15.6 Å². The van der Waals surface area contributed by atoms with Gasteiger partial charge in [-0.25, -0.2) is 9.37 Å². The fourth-order valence-electron chi connectivity index (χ4n) is 2.65. The summed E-state index contributed by atoms with van der Waals surface area (Å²) in [5.74, 6) is -1.24. The SMILES string of the molecule is O=C(Nc1ccc(-c2cc3c(cc2Br)OC(F)(F)O3)cn1)c1ccccc1F. The molecule has 4 rings (SSSR count). The predicted octanol–water partition coefficient (Wildman–Crippen LogP) is 5.22. The molecule has 142 valence electrons. The summed E-state index contributed by atoms with van der Waals surface area (Å²) in [6.45, 7) is 0. The van der Waals surface area contributed by atoms with Crippen molar-refractivity contribution in [1.29, 1.82) is 0 Å². The molecule has 0 atom stereocenters. The zero-order valence-corrected chi connectivity index (χ0v) is 15.5. The Morgan fingerprint density at radius 1 is 1.07 bits per heavy atom. The molecule has 1 amide bonds. The van der Waals surface area contributed by atoms with Gasteiger partial charge in [0.15, 0.2) is 11.5 Å². The van der Waals surface area contributed by atoms with Crippen molar-refractivity contribution in [2.75, 3.05) is 5.32 Å². The number of aromatic nitrogens is 1. The van der Waals surface area contributed by atoms with Crippen molar-refractivity contribution < 1.29 is 27.4 Å². The van der Waals surface area contributed by atoms with Crippen molar-refractivity contribution >= 4 is 27.7 Å². The Hall–Kier alpha value is -3.07. The number of rotatable bonds is 3. The number of hydrogen-bond acceptors (Lipinski definition) is 4. The van der Waals surface area contributed by atoms with E-state index >= 15 is 0 Å².